The summed E-state index contributed by atoms with van der Waals surface area (Å²) in [6, 6.07) is 12.7. The normalized spacial score (nSPS) is 12.0. The topological polar surface area (TPSA) is 85.4 Å². The van der Waals surface area contributed by atoms with E-state index in [1.165, 1.54) is 25.6 Å². The Kier molecular flexibility index (Phi) is 12.2. The lowest BCUT2D eigenvalue weighted by Gasteiger charge is -2.27. The van der Waals surface area contributed by atoms with Crippen molar-refractivity contribution in [2.45, 2.75) is 37.4 Å². The Morgan fingerprint density at radius 3 is 2.38 bits per heavy atom. The summed E-state index contributed by atoms with van der Waals surface area (Å²) in [6.07, 6.45) is -4.01. The van der Waals surface area contributed by atoms with Gasteiger partial charge in [0.2, 0.25) is 15.9 Å². The molecule has 0 bridgehead atoms. The molecule has 0 saturated carbocycles. The summed E-state index contributed by atoms with van der Waals surface area (Å²) < 4.78 is 84.2. The third-order valence-electron chi connectivity index (χ3n) is 6.41. The Labute approximate surface area is 248 Å². The molecule has 1 heterocycles. The van der Waals surface area contributed by atoms with Crippen LogP contribution in [0.25, 0.3) is 0 Å². The fraction of sp³-hybridized carbons (Fsp3) is 0.414. The average molecular weight is 629 g/mol. The summed E-state index contributed by atoms with van der Waals surface area (Å²) in [5.74, 6) is 0.630. The molecule has 0 radical (unpaired) electrons. The first kappa shape index (κ1) is 33.4. The minimum absolute atomic E-state index is 0.104. The Morgan fingerprint density at radius 2 is 1.74 bits per heavy atom. The summed E-state index contributed by atoms with van der Waals surface area (Å²) in [5, 5.41) is 1.88. The number of carbonyl (C=O) groups is 1. The molecule has 0 unspecified atom stereocenters. The molecule has 0 N–H and O–H groups in total. The zero-order valence-corrected chi connectivity index (χ0v) is 25.4. The molecule has 0 saturated heterocycles. The molecule has 2 aromatic carbocycles. The van der Waals surface area contributed by atoms with Gasteiger partial charge in [0.1, 0.15) is 0 Å². The van der Waals surface area contributed by atoms with E-state index < -0.39 is 39.1 Å². The maximum atomic E-state index is 13.7. The molecule has 0 aliphatic carbocycles. The number of amides is 1. The predicted molar refractivity (Wildman–Crippen MR) is 154 cm³/mol. The molecule has 0 spiro atoms. The molecule has 3 rings (SSSR count). The summed E-state index contributed by atoms with van der Waals surface area (Å²) in [7, 11) is -1.38. The van der Waals surface area contributed by atoms with Gasteiger partial charge >= 0.3 is 6.18 Å². The molecule has 1 amide bonds. The van der Waals surface area contributed by atoms with Crippen molar-refractivity contribution in [2.24, 2.45) is 0 Å². The molecule has 42 heavy (non-hydrogen) atoms. The minimum atomic E-state index is -4.72. The molecule has 8 nitrogen and oxygen atoms in total. The second-order valence-corrected chi connectivity index (χ2v) is 12.2. The highest BCUT2D eigenvalue weighted by molar-refractivity contribution is 7.89. The van der Waals surface area contributed by atoms with Crippen molar-refractivity contribution in [3.05, 3.63) is 76.0 Å². The van der Waals surface area contributed by atoms with Gasteiger partial charge in [-0.2, -0.15) is 17.5 Å². The van der Waals surface area contributed by atoms with Crippen LogP contribution in [0.5, 0.6) is 11.5 Å². The molecule has 1 aromatic heterocycles. The van der Waals surface area contributed by atoms with Gasteiger partial charge in [-0.05, 0) is 67.1 Å². The zero-order valence-electron chi connectivity index (χ0n) is 23.7. The molecular formula is C29H35F3N2O6S2. The number of hydrogen-bond acceptors (Lipinski definition) is 7. The number of ether oxygens (including phenoxy) is 3. The van der Waals surface area contributed by atoms with Crippen molar-refractivity contribution in [1.29, 1.82) is 0 Å². The molecule has 3 aromatic rings. The smallest absolute Gasteiger partial charge is 0.416 e. The van der Waals surface area contributed by atoms with Crippen LogP contribution in [0.15, 0.2) is 64.9 Å². The fourth-order valence-corrected chi connectivity index (χ4v) is 6.38. The van der Waals surface area contributed by atoms with Crippen LogP contribution in [0.2, 0.25) is 0 Å². The Balaban J connectivity index is 1.87. The monoisotopic (exact) mass is 628 g/mol. The largest absolute Gasteiger partial charge is 0.493 e. The molecular weight excluding hydrogens is 593 g/mol. The van der Waals surface area contributed by atoms with Gasteiger partial charge in [0.15, 0.2) is 11.5 Å². The number of halogens is 3. The van der Waals surface area contributed by atoms with Crippen molar-refractivity contribution < 1.29 is 40.6 Å². The lowest BCUT2D eigenvalue weighted by Crippen LogP contribution is -2.43. The number of methoxy groups -OCH3 is 2. The molecule has 0 aliphatic heterocycles. The Bertz CT molecular complexity index is 1400. The van der Waals surface area contributed by atoms with E-state index in [-0.39, 0.29) is 32.7 Å². The van der Waals surface area contributed by atoms with Crippen molar-refractivity contribution >= 4 is 27.3 Å². The molecule has 0 fully saturated rings. The number of alkyl halides is 3. The van der Waals surface area contributed by atoms with E-state index in [0.717, 1.165) is 32.9 Å². The van der Waals surface area contributed by atoms with Gasteiger partial charge in [-0.1, -0.05) is 18.2 Å². The summed E-state index contributed by atoms with van der Waals surface area (Å²) >= 11 is 1.46. The Morgan fingerprint density at radius 1 is 0.976 bits per heavy atom. The van der Waals surface area contributed by atoms with Crippen molar-refractivity contribution in [1.82, 2.24) is 9.21 Å². The van der Waals surface area contributed by atoms with Gasteiger partial charge in [-0.15, -0.1) is 11.3 Å². The lowest BCUT2D eigenvalue weighted by atomic mass is 10.1. The standard InChI is InChI=1S/C29H35F3N2O6S2/c1-4-40-16-7-14-34(42(36,37)25-10-5-8-23(19-25)29(30,31)32)21-28(35)33(20-24-9-6-17-41-24)15-13-22-11-12-26(38-2)27(18-22)39-3/h5-6,8-12,17-19H,4,7,13-16,20-21H2,1-3H3. The lowest BCUT2D eigenvalue weighted by molar-refractivity contribution is -0.137. The zero-order chi connectivity index (χ0) is 30.8. The number of hydrogen-bond donors (Lipinski definition) is 0. The summed E-state index contributed by atoms with van der Waals surface area (Å²) in [6.45, 7) is 2.32. The van der Waals surface area contributed by atoms with Crippen molar-refractivity contribution in [3.63, 3.8) is 0 Å². The van der Waals surface area contributed by atoms with E-state index in [0.29, 0.717) is 30.6 Å². The first-order chi connectivity index (χ1) is 20.0. The van der Waals surface area contributed by atoms with Gasteiger partial charge in [0, 0.05) is 31.2 Å². The first-order valence-electron chi connectivity index (χ1n) is 13.3. The van der Waals surface area contributed by atoms with Crippen LogP contribution in [0.3, 0.4) is 0 Å². The van der Waals surface area contributed by atoms with E-state index in [1.54, 1.807) is 17.9 Å². The van der Waals surface area contributed by atoms with Crippen LogP contribution in [0, 0.1) is 0 Å². The van der Waals surface area contributed by atoms with E-state index in [9.17, 15) is 26.4 Å². The Hall–Kier alpha value is -3.13. The van der Waals surface area contributed by atoms with Crippen LogP contribution < -0.4 is 9.47 Å². The van der Waals surface area contributed by atoms with Crippen molar-refractivity contribution in [3.8, 4) is 11.5 Å². The molecule has 13 heteroatoms. The van der Waals surface area contributed by atoms with Crippen LogP contribution in [0.1, 0.15) is 29.3 Å². The van der Waals surface area contributed by atoms with E-state index in [2.05, 4.69) is 0 Å². The van der Waals surface area contributed by atoms with Gasteiger partial charge in [0.05, 0.1) is 37.8 Å². The average Bonchev–Trinajstić information content (AvgIpc) is 3.49. The summed E-state index contributed by atoms with van der Waals surface area (Å²) in [5.41, 5.74) is -0.208. The molecule has 230 valence electrons. The quantitative estimate of drug-likeness (QED) is 0.196. The van der Waals surface area contributed by atoms with Crippen LogP contribution >= 0.6 is 11.3 Å². The second kappa shape index (κ2) is 15.4. The fourth-order valence-electron chi connectivity index (χ4n) is 4.19. The maximum Gasteiger partial charge on any atom is 0.416 e. The van der Waals surface area contributed by atoms with E-state index in [4.69, 9.17) is 14.2 Å². The van der Waals surface area contributed by atoms with Gasteiger partial charge < -0.3 is 19.1 Å². The third kappa shape index (κ3) is 9.18. The van der Waals surface area contributed by atoms with Gasteiger partial charge in [-0.25, -0.2) is 8.42 Å². The van der Waals surface area contributed by atoms with E-state index in [1.807, 2.05) is 29.6 Å². The highest BCUT2D eigenvalue weighted by Crippen LogP contribution is 2.31. The van der Waals surface area contributed by atoms with Crippen molar-refractivity contribution in [2.75, 3.05) is 47.1 Å². The number of thiophene rings is 1. The van der Waals surface area contributed by atoms with E-state index >= 15 is 0 Å². The molecule has 0 aliphatic rings. The predicted octanol–water partition coefficient (Wildman–Crippen LogP) is 5.47. The highest BCUT2D eigenvalue weighted by Gasteiger charge is 2.34. The number of rotatable bonds is 16. The maximum absolute atomic E-state index is 13.7. The summed E-state index contributed by atoms with van der Waals surface area (Å²) in [4.78, 5) is 15.6. The van der Waals surface area contributed by atoms with Crippen LogP contribution in [0.4, 0.5) is 13.2 Å². The minimum Gasteiger partial charge on any atom is -0.493 e. The number of benzene rings is 2. The van der Waals surface area contributed by atoms with Crippen LogP contribution in [-0.2, 0) is 38.7 Å². The number of nitrogens with zero attached hydrogens (tertiary/aromatic N) is 2. The number of carbonyl (C=O) groups excluding carboxylic acids is 1. The van der Waals surface area contributed by atoms with Gasteiger partial charge in [-0.3, -0.25) is 4.79 Å². The third-order valence-corrected chi connectivity index (χ3v) is 9.11. The highest BCUT2D eigenvalue weighted by atomic mass is 32.2. The first-order valence-corrected chi connectivity index (χ1v) is 15.6. The SMILES string of the molecule is CCOCCCN(CC(=O)N(CCc1ccc(OC)c(OC)c1)Cc1cccs1)S(=O)(=O)c1cccc(C(F)(F)F)c1. The van der Waals surface area contributed by atoms with Crippen LogP contribution in [-0.4, -0.2) is 70.6 Å². The van der Waals surface area contributed by atoms with Gasteiger partial charge in [0.25, 0.3) is 0 Å². The second-order valence-electron chi connectivity index (χ2n) is 9.25. The number of sulfonamides is 1. The molecule has 0 atom stereocenters.